The standard InChI is InChI=1S/C11H14ClN3O2/c1-2-14-6-10(16)15-7-3-4-9(12)8(5-7)11(13)17/h3-5,14H,2,6H2,1H3,(H2,13,17)(H,15,16). The number of rotatable bonds is 5. The van der Waals surface area contributed by atoms with Crippen LogP contribution in [0.3, 0.4) is 0 Å². The lowest BCUT2D eigenvalue weighted by Gasteiger charge is -2.07. The van der Waals surface area contributed by atoms with E-state index < -0.39 is 5.91 Å². The van der Waals surface area contributed by atoms with Gasteiger partial charge in [-0.15, -0.1) is 0 Å². The molecule has 0 aliphatic carbocycles. The third-order valence-electron chi connectivity index (χ3n) is 2.05. The Hall–Kier alpha value is -1.59. The average Bonchev–Trinajstić information content (AvgIpc) is 2.28. The molecule has 92 valence electrons. The van der Waals surface area contributed by atoms with E-state index in [4.69, 9.17) is 17.3 Å². The molecule has 0 aliphatic rings. The molecule has 6 heteroatoms. The van der Waals surface area contributed by atoms with E-state index in [1.165, 1.54) is 12.1 Å². The van der Waals surface area contributed by atoms with Gasteiger partial charge in [0, 0.05) is 5.69 Å². The van der Waals surface area contributed by atoms with Crippen LogP contribution in [0.5, 0.6) is 0 Å². The van der Waals surface area contributed by atoms with Gasteiger partial charge in [-0.1, -0.05) is 18.5 Å². The summed E-state index contributed by atoms with van der Waals surface area (Å²) in [7, 11) is 0. The summed E-state index contributed by atoms with van der Waals surface area (Å²) < 4.78 is 0. The molecule has 0 atom stereocenters. The van der Waals surface area contributed by atoms with E-state index in [2.05, 4.69) is 10.6 Å². The number of benzene rings is 1. The number of primary amides is 1. The second kappa shape index (κ2) is 6.22. The monoisotopic (exact) mass is 255 g/mol. The zero-order valence-corrected chi connectivity index (χ0v) is 10.2. The molecule has 0 fully saturated rings. The maximum atomic E-state index is 11.4. The van der Waals surface area contributed by atoms with Gasteiger partial charge in [-0.3, -0.25) is 9.59 Å². The summed E-state index contributed by atoms with van der Waals surface area (Å²) in [5.41, 5.74) is 5.83. The van der Waals surface area contributed by atoms with Crippen LogP contribution in [0.2, 0.25) is 5.02 Å². The lowest BCUT2D eigenvalue weighted by atomic mass is 10.2. The van der Waals surface area contributed by atoms with Crippen molar-refractivity contribution < 1.29 is 9.59 Å². The Morgan fingerprint density at radius 3 is 2.71 bits per heavy atom. The molecule has 0 saturated heterocycles. The molecule has 0 unspecified atom stereocenters. The molecule has 17 heavy (non-hydrogen) atoms. The number of hydrogen-bond acceptors (Lipinski definition) is 3. The van der Waals surface area contributed by atoms with Crippen LogP contribution in [0, 0.1) is 0 Å². The molecule has 4 N–H and O–H groups in total. The molecule has 0 aliphatic heterocycles. The Morgan fingerprint density at radius 1 is 1.41 bits per heavy atom. The molecule has 2 amide bonds. The maximum Gasteiger partial charge on any atom is 0.250 e. The van der Waals surface area contributed by atoms with Crippen molar-refractivity contribution in [1.82, 2.24) is 5.32 Å². The largest absolute Gasteiger partial charge is 0.366 e. The van der Waals surface area contributed by atoms with Crippen molar-refractivity contribution in [3.63, 3.8) is 0 Å². The van der Waals surface area contributed by atoms with E-state index >= 15 is 0 Å². The first-order valence-corrected chi connectivity index (χ1v) is 5.52. The summed E-state index contributed by atoms with van der Waals surface area (Å²) in [6, 6.07) is 4.58. The molecule has 5 nitrogen and oxygen atoms in total. The molecule has 0 bridgehead atoms. The van der Waals surface area contributed by atoms with Crippen molar-refractivity contribution in [3.8, 4) is 0 Å². The van der Waals surface area contributed by atoms with Gasteiger partial charge in [-0.25, -0.2) is 0 Å². The van der Waals surface area contributed by atoms with Crippen LogP contribution in [0.15, 0.2) is 18.2 Å². The molecule has 0 heterocycles. The lowest BCUT2D eigenvalue weighted by Crippen LogP contribution is -2.27. The zero-order valence-electron chi connectivity index (χ0n) is 9.42. The molecule has 0 aromatic heterocycles. The van der Waals surface area contributed by atoms with Gasteiger partial charge in [0.1, 0.15) is 0 Å². The summed E-state index contributed by atoms with van der Waals surface area (Å²) in [6.07, 6.45) is 0. The van der Waals surface area contributed by atoms with Crippen molar-refractivity contribution in [2.45, 2.75) is 6.92 Å². The van der Waals surface area contributed by atoms with Crippen LogP contribution < -0.4 is 16.4 Å². The highest BCUT2D eigenvalue weighted by atomic mass is 35.5. The van der Waals surface area contributed by atoms with Crippen LogP contribution in [-0.4, -0.2) is 24.9 Å². The number of nitrogens with two attached hydrogens (primary N) is 1. The SMILES string of the molecule is CCNCC(=O)Nc1ccc(Cl)c(C(N)=O)c1. The second-order valence-electron chi connectivity index (χ2n) is 3.39. The smallest absolute Gasteiger partial charge is 0.250 e. The third-order valence-corrected chi connectivity index (χ3v) is 2.38. The number of carbonyl (C=O) groups excluding carboxylic acids is 2. The molecule has 0 spiro atoms. The highest BCUT2D eigenvalue weighted by Crippen LogP contribution is 2.19. The fourth-order valence-electron chi connectivity index (χ4n) is 1.24. The van der Waals surface area contributed by atoms with E-state index in [1.54, 1.807) is 6.07 Å². The minimum absolute atomic E-state index is 0.188. The van der Waals surface area contributed by atoms with Gasteiger partial charge in [0.15, 0.2) is 0 Å². The fourth-order valence-corrected chi connectivity index (χ4v) is 1.45. The van der Waals surface area contributed by atoms with Gasteiger partial charge in [0.2, 0.25) is 11.8 Å². The quantitative estimate of drug-likeness (QED) is 0.734. The van der Waals surface area contributed by atoms with E-state index in [0.717, 1.165) is 0 Å². The summed E-state index contributed by atoms with van der Waals surface area (Å²) in [4.78, 5) is 22.5. The highest BCUT2D eigenvalue weighted by Gasteiger charge is 2.08. The van der Waals surface area contributed by atoms with Gasteiger partial charge < -0.3 is 16.4 Å². The first kappa shape index (κ1) is 13.5. The van der Waals surface area contributed by atoms with Crippen molar-refractivity contribution >= 4 is 29.1 Å². The normalized spacial score (nSPS) is 10.0. The number of carbonyl (C=O) groups is 2. The molecule has 0 saturated carbocycles. The Labute approximate surface area is 104 Å². The van der Waals surface area contributed by atoms with Gasteiger partial charge in [0.05, 0.1) is 17.1 Å². The Morgan fingerprint density at radius 2 is 2.12 bits per heavy atom. The topological polar surface area (TPSA) is 84.2 Å². The number of likely N-dealkylation sites (N-methyl/N-ethyl adjacent to an activating group) is 1. The first-order chi connectivity index (χ1) is 8.04. The summed E-state index contributed by atoms with van der Waals surface area (Å²) in [6.45, 7) is 2.83. The fraction of sp³-hybridized carbons (Fsp3) is 0.273. The van der Waals surface area contributed by atoms with E-state index in [9.17, 15) is 9.59 Å². The molecule has 1 rings (SSSR count). The number of nitrogens with one attached hydrogen (secondary N) is 2. The summed E-state index contributed by atoms with van der Waals surface area (Å²) >= 11 is 5.79. The highest BCUT2D eigenvalue weighted by molar-refractivity contribution is 6.33. The predicted molar refractivity (Wildman–Crippen MR) is 67.1 cm³/mol. The van der Waals surface area contributed by atoms with E-state index in [0.29, 0.717) is 12.2 Å². The minimum atomic E-state index is -0.627. The second-order valence-corrected chi connectivity index (χ2v) is 3.79. The number of amides is 2. The summed E-state index contributed by atoms with van der Waals surface area (Å²) in [5.74, 6) is -0.817. The van der Waals surface area contributed by atoms with Gasteiger partial charge in [-0.2, -0.15) is 0 Å². The van der Waals surface area contributed by atoms with Crippen LogP contribution in [-0.2, 0) is 4.79 Å². The number of halogens is 1. The minimum Gasteiger partial charge on any atom is -0.366 e. The zero-order chi connectivity index (χ0) is 12.8. The van der Waals surface area contributed by atoms with Gasteiger partial charge in [-0.05, 0) is 24.7 Å². The molecular formula is C11H14ClN3O2. The lowest BCUT2D eigenvalue weighted by molar-refractivity contribution is -0.115. The molecule has 0 radical (unpaired) electrons. The Kier molecular flexibility index (Phi) is 4.93. The first-order valence-electron chi connectivity index (χ1n) is 5.14. The number of anilines is 1. The number of hydrogen-bond donors (Lipinski definition) is 3. The van der Waals surface area contributed by atoms with Crippen LogP contribution in [0.4, 0.5) is 5.69 Å². The molecular weight excluding hydrogens is 242 g/mol. The Bertz CT molecular complexity index is 435. The van der Waals surface area contributed by atoms with Crippen molar-refractivity contribution in [1.29, 1.82) is 0 Å². The van der Waals surface area contributed by atoms with Crippen molar-refractivity contribution in [2.75, 3.05) is 18.4 Å². The van der Waals surface area contributed by atoms with E-state index in [1.807, 2.05) is 6.92 Å². The molecule has 1 aromatic rings. The van der Waals surface area contributed by atoms with E-state index in [-0.39, 0.29) is 23.0 Å². The van der Waals surface area contributed by atoms with Gasteiger partial charge in [0.25, 0.3) is 0 Å². The summed E-state index contributed by atoms with van der Waals surface area (Å²) in [5, 5.41) is 5.78. The van der Waals surface area contributed by atoms with Crippen molar-refractivity contribution in [2.24, 2.45) is 5.73 Å². The average molecular weight is 256 g/mol. The third kappa shape index (κ3) is 4.05. The predicted octanol–water partition coefficient (Wildman–Crippen LogP) is 0.987. The Balaban J connectivity index is 2.75. The maximum absolute atomic E-state index is 11.4. The van der Waals surface area contributed by atoms with Crippen LogP contribution >= 0.6 is 11.6 Å². The van der Waals surface area contributed by atoms with Crippen molar-refractivity contribution in [3.05, 3.63) is 28.8 Å². The van der Waals surface area contributed by atoms with Crippen LogP contribution in [0.1, 0.15) is 17.3 Å². The molecule has 1 aromatic carbocycles. The van der Waals surface area contributed by atoms with Gasteiger partial charge >= 0.3 is 0 Å². The van der Waals surface area contributed by atoms with Crippen LogP contribution in [0.25, 0.3) is 0 Å².